The van der Waals surface area contributed by atoms with Gasteiger partial charge in [-0.1, -0.05) is 31.5 Å². The van der Waals surface area contributed by atoms with Gasteiger partial charge < -0.3 is 18.9 Å². The molecular weight excluding hydrogens is 606 g/mol. The number of halogens is 1. The van der Waals surface area contributed by atoms with Crippen LogP contribution in [0.2, 0.25) is 5.02 Å². The maximum atomic E-state index is 6.10. The largest absolute Gasteiger partial charge is 0.494 e. The topological polar surface area (TPSA) is 55.6 Å². The van der Waals surface area contributed by atoms with Crippen LogP contribution in [0.15, 0.2) is 103 Å². The average Bonchev–Trinajstić information content (AvgIpc) is 3.56. The van der Waals surface area contributed by atoms with Crippen LogP contribution in [-0.2, 0) is 6.54 Å². The quantitative estimate of drug-likeness (QED) is 0.112. The van der Waals surface area contributed by atoms with Crippen LogP contribution in [0.1, 0.15) is 50.5 Å². The van der Waals surface area contributed by atoms with Crippen molar-refractivity contribution in [1.82, 2.24) is 24.3 Å². The third-order valence-electron chi connectivity index (χ3n) is 8.89. The number of rotatable bonds is 14. The molecule has 0 spiro atoms. The zero-order valence-electron chi connectivity index (χ0n) is 27.4. The van der Waals surface area contributed by atoms with Crippen molar-refractivity contribution in [3.8, 4) is 34.2 Å². The Morgan fingerprint density at radius 3 is 2.17 bits per heavy atom. The molecule has 1 saturated heterocycles. The molecule has 8 heteroatoms. The average molecular weight is 650 g/mol. The van der Waals surface area contributed by atoms with Crippen LogP contribution in [0, 0.1) is 0 Å². The van der Waals surface area contributed by atoms with E-state index in [-0.39, 0.29) is 0 Å². The normalized spacial score (nSPS) is 14.0. The summed E-state index contributed by atoms with van der Waals surface area (Å²) in [4.78, 5) is 14.7. The van der Waals surface area contributed by atoms with E-state index in [0.29, 0.717) is 17.5 Å². The number of imidazole rings is 1. The van der Waals surface area contributed by atoms with Crippen LogP contribution < -0.4 is 9.47 Å². The Morgan fingerprint density at radius 2 is 1.51 bits per heavy atom. The maximum absolute atomic E-state index is 6.10. The van der Waals surface area contributed by atoms with Crippen molar-refractivity contribution in [2.45, 2.75) is 45.6 Å². The number of aromatic nitrogens is 3. The summed E-state index contributed by atoms with van der Waals surface area (Å²) in [7, 11) is 0. The van der Waals surface area contributed by atoms with E-state index in [9.17, 15) is 0 Å². The lowest BCUT2D eigenvalue weighted by Gasteiger charge is -2.31. The fourth-order valence-electron chi connectivity index (χ4n) is 6.15. The highest BCUT2D eigenvalue weighted by molar-refractivity contribution is 6.30. The molecule has 6 rings (SSSR count). The zero-order valence-corrected chi connectivity index (χ0v) is 28.1. The minimum Gasteiger partial charge on any atom is -0.494 e. The molecule has 1 aliphatic rings. The SMILES string of the molecule is CCN(CC)CCCOc1ccc(-n2cc(-c3ccc(Oc4ccc(Cl)cc4)cc3)nc2C2CCN(Cc3ccccn3)CC2)cc1. The number of pyridine rings is 1. The zero-order chi connectivity index (χ0) is 32.4. The fraction of sp³-hybridized carbons (Fsp3) is 0.333. The summed E-state index contributed by atoms with van der Waals surface area (Å²) in [6.45, 7) is 11.2. The first kappa shape index (κ1) is 32.8. The lowest BCUT2D eigenvalue weighted by atomic mass is 9.95. The number of ether oxygens (including phenoxy) is 2. The molecule has 244 valence electrons. The summed E-state index contributed by atoms with van der Waals surface area (Å²) in [5, 5.41) is 0.686. The summed E-state index contributed by atoms with van der Waals surface area (Å²) in [5.41, 5.74) is 4.21. The second-order valence-corrected chi connectivity index (χ2v) is 12.5. The Bertz CT molecular complexity index is 1660. The number of hydrogen-bond donors (Lipinski definition) is 0. The van der Waals surface area contributed by atoms with Crippen LogP contribution in [0.25, 0.3) is 16.9 Å². The molecule has 1 fully saturated rings. The smallest absolute Gasteiger partial charge is 0.127 e. The van der Waals surface area contributed by atoms with Crippen molar-refractivity contribution in [3.05, 3.63) is 120 Å². The molecular formula is C39H44ClN5O2. The number of benzene rings is 3. The predicted octanol–water partition coefficient (Wildman–Crippen LogP) is 8.87. The first-order chi connectivity index (χ1) is 23.1. The van der Waals surface area contributed by atoms with Crippen LogP contribution >= 0.6 is 11.6 Å². The van der Waals surface area contributed by atoms with Gasteiger partial charge in [-0.2, -0.15) is 0 Å². The van der Waals surface area contributed by atoms with Gasteiger partial charge in [0.2, 0.25) is 0 Å². The van der Waals surface area contributed by atoms with Crippen molar-refractivity contribution in [2.75, 3.05) is 39.3 Å². The van der Waals surface area contributed by atoms with Crippen LogP contribution in [0.3, 0.4) is 0 Å². The molecule has 0 aliphatic carbocycles. The molecule has 0 saturated carbocycles. The van der Waals surface area contributed by atoms with Crippen molar-refractivity contribution >= 4 is 11.6 Å². The van der Waals surface area contributed by atoms with E-state index in [2.05, 4.69) is 87.9 Å². The summed E-state index contributed by atoms with van der Waals surface area (Å²) in [6.07, 6.45) is 7.15. The van der Waals surface area contributed by atoms with Gasteiger partial charge in [0.15, 0.2) is 0 Å². The number of nitrogens with zero attached hydrogens (tertiary/aromatic N) is 5. The first-order valence-electron chi connectivity index (χ1n) is 16.8. The standard InChI is InChI=1S/C39H44ClN5O2/c1-3-43(4-2)24-7-27-46-35-19-13-34(14-20-35)45-29-38(30-9-15-36(16-10-30)47-37-17-11-32(40)12-18-37)42-39(45)31-21-25-44(26-22-31)28-33-8-5-6-23-41-33/h5-6,8-20,23,29,31H,3-4,7,21-22,24-28H2,1-2H3. The molecule has 0 amide bonds. The Kier molecular flexibility index (Phi) is 11.2. The van der Waals surface area contributed by atoms with Gasteiger partial charge in [-0.25, -0.2) is 4.98 Å². The monoisotopic (exact) mass is 649 g/mol. The van der Waals surface area contributed by atoms with Crippen molar-refractivity contribution in [2.24, 2.45) is 0 Å². The van der Waals surface area contributed by atoms with Crippen molar-refractivity contribution in [3.63, 3.8) is 0 Å². The Labute approximate surface area is 283 Å². The lowest BCUT2D eigenvalue weighted by Crippen LogP contribution is -2.33. The molecule has 3 aromatic carbocycles. The molecule has 47 heavy (non-hydrogen) atoms. The molecule has 0 radical (unpaired) electrons. The molecule has 0 N–H and O–H groups in total. The van der Waals surface area contributed by atoms with Gasteiger partial charge in [0.25, 0.3) is 0 Å². The third kappa shape index (κ3) is 8.80. The second kappa shape index (κ2) is 16.1. The first-order valence-corrected chi connectivity index (χ1v) is 17.2. The predicted molar refractivity (Wildman–Crippen MR) is 190 cm³/mol. The highest BCUT2D eigenvalue weighted by Gasteiger charge is 2.26. The fourth-order valence-corrected chi connectivity index (χ4v) is 6.28. The van der Waals surface area contributed by atoms with Crippen LogP contribution in [0.5, 0.6) is 17.2 Å². The molecule has 3 heterocycles. The van der Waals surface area contributed by atoms with E-state index in [0.717, 1.165) is 104 Å². The number of likely N-dealkylation sites (tertiary alicyclic amines) is 1. The minimum absolute atomic E-state index is 0.354. The molecule has 0 bridgehead atoms. The molecule has 5 aromatic rings. The van der Waals surface area contributed by atoms with Gasteiger partial charge >= 0.3 is 0 Å². The molecule has 0 atom stereocenters. The lowest BCUT2D eigenvalue weighted by molar-refractivity contribution is 0.199. The summed E-state index contributed by atoms with van der Waals surface area (Å²) in [5.74, 6) is 3.87. The Balaban J connectivity index is 1.18. The molecule has 7 nitrogen and oxygen atoms in total. The van der Waals surface area contributed by atoms with Gasteiger partial charge in [-0.3, -0.25) is 9.88 Å². The van der Waals surface area contributed by atoms with Crippen molar-refractivity contribution in [1.29, 1.82) is 0 Å². The Hall–Kier alpha value is -4.17. The van der Waals surface area contributed by atoms with Gasteiger partial charge in [0.05, 0.1) is 18.0 Å². The maximum Gasteiger partial charge on any atom is 0.127 e. The molecule has 0 unspecified atom stereocenters. The summed E-state index contributed by atoms with van der Waals surface area (Å²) < 4.78 is 14.4. The van der Waals surface area contributed by atoms with E-state index in [1.54, 1.807) is 0 Å². The third-order valence-corrected chi connectivity index (χ3v) is 9.15. The molecule has 1 aliphatic heterocycles. The van der Waals surface area contributed by atoms with E-state index in [1.807, 2.05) is 48.7 Å². The second-order valence-electron chi connectivity index (χ2n) is 12.0. The summed E-state index contributed by atoms with van der Waals surface area (Å²) >= 11 is 6.03. The Morgan fingerprint density at radius 1 is 0.830 bits per heavy atom. The van der Waals surface area contributed by atoms with Gasteiger partial charge in [-0.05, 0) is 130 Å². The van der Waals surface area contributed by atoms with E-state index < -0.39 is 0 Å². The van der Waals surface area contributed by atoms with Gasteiger partial charge in [0.1, 0.15) is 23.1 Å². The van der Waals surface area contributed by atoms with Crippen LogP contribution in [-0.4, -0.2) is 63.7 Å². The van der Waals surface area contributed by atoms with Gasteiger partial charge in [-0.15, -0.1) is 0 Å². The number of hydrogen-bond acceptors (Lipinski definition) is 6. The highest BCUT2D eigenvalue weighted by atomic mass is 35.5. The number of piperidine rings is 1. The van der Waals surface area contributed by atoms with Crippen molar-refractivity contribution < 1.29 is 9.47 Å². The highest BCUT2D eigenvalue weighted by Crippen LogP contribution is 2.34. The van der Waals surface area contributed by atoms with E-state index in [1.165, 1.54) is 0 Å². The van der Waals surface area contributed by atoms with E-state index in [4.69, 9.17) is 26.1 Å². The molecule has 2 aromatic heterocycles. The van der Waals surface area contributed by atoms with E-state index >= 15 is 0 Å². The summed E-state index contributed by atoms with van der Waals surface area (Å²) in [6, 6.07) is 30.1. The minimum atomic E-state index is 0.354. The van der Waals surface area contributed by atoms with Crippen LogP contribution in [0.4, 0.5) is 0 Å². The van der Waals surface area contributed by atoms with Gasteiger partial charge in [0, 0.05) is 47.7 Å².